The van der Waals surface area contributed by atoms with E-state index in [1.165, 1.54) is 7.14 Å². The zero-order valence-electron chi connectivity index (χ0n) is 24.6. The van der Waals surface area contributed by atoms with E-state index in [0.717, 1.165) is 22.3 Å². The van der Waals surface area contributed by atoms with Crippen molar-refractivity contribution in [3.8, 4) is 23.7 Å². The molecule has 0 fully saturated rings. The third kappa shape index (κ3) is 10.3. The molecule has 0 heterocycles. The Morgan fingerprint density at radius 1 is 0.605 bits per heavy atom. The fourth-order valence-corrected chi connectivity index (χ4v) is 5.29. The van der Waals surface area contributed by atoms with E-state index >= 15 is 0 Å². The van der Waals surface area contributed by atoms with Crippen LogP contribution in [0.2, 0.25) is 36.3 Å². The van der Waals surface area contributed by atoms with Gasteiger partial charge in [-0.15, -0.1) is 0 Å². The van der Waals surface area contributed by atoms with Crippen LogP contribution >= 0.6 is 45.2 Å². The number of rotatable bonds is 6. The van der Waals surface area contributed by atoms with Gasteiger partial charge in [-0.2, -0.15) is 0 Å². The molecule has 2 aromatic carbocycles. The summed E-state index contributed by atoms with van der Waals surface area (Å²) in [5.41, 5.74) is 3.77. The standard InChI is InChI=1S/C32H42I2O2Si2/c1-31(2,3)37(7,8)35-23-27(17-11-25-13-19-29(33)20-14-25)28(24-36-38(9,10)32(4,5)6)18-12-26-15-21-30(34)22-16-26/h13-16,19-22H,23-24H2,1-10H3/b28-27+. The first kappa shape index (κ1) is 33.3. The highest BCUT2D eigenvalue weighted by Crippen LogP contribution is 2.38. The number of hydrogen-bond acceptors (Lipinski definition) is 2. The van der Waals surface area contributed by atoms with Crippen molar-refractivity contribution >= 4 is 61.8 Å². The van der Waals surface area contributed by atoms with Gasteiger partial charge in [0.15, 0.2) is 16.6 Å². The average molecular weight is 769 g/mol. The minimum atomic E-state index is -2.00. The minimum absolute atomic E-state index is 0.103. The molecular formula is C32H42I2O2Si2. The van der Waals surface area contributed by atoms with Gasteiger partial charge in [-0.1, -0.05) is 65.2 Å². The molecule has 204 valence electrons. The van der Waals surface area contributed by atoms with Gasteiger partial charge in [-0.3, -0.25) is 0 Å². The van der Waals surface area contributed by atoms with E-state index in [1.54, 1.807) is 0 Å². The summed E-state index contributed by atoms with van der Waals surface area (Å²) in [5, 5.41) is 0.207. The maximum absolute atomic E-state index is 6.68. The van der Waals surface area contributed by atoms with E-state index in [-0.39, 0.29) is 10.1 Å². The van der Waals surface area contributed by atoms with Crippen LogP contribution in [0.3, 0.4) is 0 Å². The maximum Gasteiger partial charge on any atom is 0.192 e. The molecular weight excluding hydrogens is 726 g/mol. The Labute approximate surface area is 261 Å². The van der Waals surface area contributed by atoms with Crippen LogP contribution in [-0.4, -0.2) is 29.8 Å². The summed E-state index contributed by atoms with van der Waals surface area (Å²) in [6, 6.07) is 16.6. The average Bonchev–Trinajstić information content (AvgIpc) is 2.80. The van der Waals surface area contributed by atoms with Crippen molar-refractivity contribution in [1.29, 1.82) is 0 Å². The Morgan fingerprint density at radius 2 is 0.895 bits per heavy atom. The Kier molecular flexibility index (Phi) is 12.0. The van der Waals surface area contributed by atoms with Crippen molar-refractivity contribution in [2.45, 2.75) is 77.8 Å². The predicted molar refractivity (Wildman–Crippen MR) is 185 cm³/mol. The second kappa shape index (κ2) is 13.7. The number of benzene rings is 2. The third-order valence-corrected chi connectivity index (χ3v) is 17.9. The van der Waals surface area contributed by atoms with Crippen molar-refractivity contribution in [2.24, 2.45) is 0 Å². The molecule has 6 heteroatoms. The molecule has 2 rings (SSSR count). The SMILES string of the molecule is CC(C)(C)[Si](C)(C)OC/C(C#Cc1ccc(I)cc1)=C(\C#Cc1ccc(I)cc1)CO[Si](C)(C)C(C)(C)C. The highest BCUT2D eigenvalue weighted by atomic mass is 127. The summed E-state index contributed by atoms with van der Waals surface area (Å²) < 4.78 is 15.7. The van der Waals surface area contributed by atoms with Gasteiger partial charge in [0, 0.05) is 29.4 Å². The highest BCUT2D eigenvalue weighted by molar-refractivity contribution is 14.1. The van der Waals surface area contributed by atoms with Gasteiger partial charge in [0.1, 0.15) is 0 Å². The number of hydrogen-bond donors (Lipinski definition) is 0. The van der Waals surface area contributed by atoms with Gasteiger partial charge in [0.2, 0.25) is 0 Å². The zero-order valence-corrected chi connectivity index (χ0v) is 30.9. The van der Waals surface area contributed by atoms with Gasteiger partial charge in [-0.05, 0) is 130 Å². The van der Waals surface area contributed by atoms with E-state index in [2.05, 4.69) is 185 Å². The highest BCUT2D eigenvalue weighted by Gasteiger charge is 2.38. The molecule has 2 nitrogen and oxygen atoms in total. The molecule has 38 heavy (non-hydrogen) atoms. The van der Waals surface area contributed by atoms with Crippen LogP contribution in [-0.2, 0) is 8.85 Å². The van der Waals surface area contributed by atoms with E-state index in [0.29, 0.717) is 13.2 Å². The van der Waals surface area contributed by atoms with Crippen LogP contribution in [0.15, 0.2) is 59.7 Å². The first-order valence-electron chi connectivity index (χ1n) is 13.0. The van der Waals surface area contributed by atoms with Crippen LogP contribution < -0.4 is 0 Å². The fourth-order valence-electron chi connectivity index (χ4n) is 2.70. The zero-order chi connectivity index (χ0) is 28.8. The summed E-state index contributed by atoms with van der Waals surface area (Å²) in [6.07, 6.45) is 0. The van der Waals surface area contributed by atoms with E-state index in [1.807, 2.05) is 0 Å². The fraction of sp³-hybridized carbons (Fsp3) is 0.438. The Hall–Kier alpha value is -0.886. The largest absolute Gasteiger partial charge is 0.412 e. The first-order chi connectivity index (χ1) is 17.4. The first-order valence-corrected chi connectivity index (χ1v) is 20.9. The molecule has 0 spiro atoms. The molecule has 0 unspecified atom stereocenters. The third-order valence-electron chi connectivity index (χ3n) is 7.54. The predicted octanol–water partition coefficient (Wildman–Crippen LogP) is 9.64. The van der Waals surface area contributed by atoms with Gasteiger partial charge in [0.05, 0.1) is 13.2 Å². The Bertz CT molecular complexity index is 1140. The Balaban J connectivity index is 2.62. The second-order valence-electron chi connectivity index (χ2n) is 12.6. The van der Waals surface area contributed by atoms with E-state index in [4.69, 9.17) is 8.85 Å². The lowest BCUT2D eigenvalue weighted by atomic mass is 10.1. The quantitative estimate of drug-likeness (QED) is 0.166. The molecule has 0 radical (unpaired) electrons. The number of halogens is 2. The summed E-state index contributed by atoms with van der Waals surface area (Å²) in [5.74, 6) is 13.7. The normalized spacial score (nSPS) is 13.2. The van der Waals surface area contributed by atoms with Crippen molar-refractivity contribution < 1.29 is 8.85 Å². The molecule has 0 amide bonds. The van der Waals surface area contributed by atoms with Crippen LogP contribution in [0, 0.1) is 30.8 Å². The van der Waals surface area contributed by atoms with Gasteiger partial charge < -0.3 is 8.85 Å². The van der Waals surface area contributed by atoms with E-state index < -0.39 is 16.6 Å². The van der Waals surface area contributed by atoms with Crippen LogP contribution in [0.5, 0.6) is 0 Å². The molecule has 0 N–H and O–H groups in total. The van der Waals surface area contributed by atoms with E-state index in [9.17, 15) is 0 Å². The van der Waals surface area contributed by atoms with Crippen molar-refractivity contribution in [3.05, 3.63) is 77.9 Å². The Morgan fingerprint density at radius 3 is 1.16 bits per heavy atom. The molecule has 0 saturated heterocycles. The van der Waals surface area contributed by atoms with Gasteiger partial charge in [0.25, 0.3) is 0 Å². The molecule has 0 aromatic heterocycles. The summed E-state index contributed by atoms with van der Waals surface area (Å²) in [7, 11) is -3.99. The van der Waals surface area contributed by atoms with Crippen molar-refractivity contribution in [1.82, 2.24) is 0 Å². The molecule has 0 bridgehead atoms. The molecule has 0 saturated carbocycles. The van der Waals surface area contributed by atoms with Gasteiger partial charge >= 0.3 is 0 Å². The summed E-state index contributed by atoms with van der Waals surface area (Å²) >= 11 is 4.63. The lowest BCUT2D eigenvalue weighted by Gasteiger charge is -2.37. The molecule has 0 aliphatic carbocycles. The second-order valence-corrected chi connectivity index (χ2v) is 24.7. The molecule has 0 aliphatic heterocycles. The molecule has 2 aromatic rings. The van der Waals surface area contributed by atoms with Crippen LogP contribution in [0.1, 0.15) is 52.7 Å². The monoisotopic (exact) mass is 768 g/mol. The summed E-state index contributed by atoms with van der Waals surface area (Å²) in [6.45, 7) is 23.6. The topological polar surface area (TPSA) is 18.5 Å². The molecule has 0 aliphatic rings. The van der Waals surface area contributed by atoms with Crippen LogP contribution in [0.4, 0.5) is 0 Å². The van der Waals surface area contributed by atoms with Crippen molar-refractivity contribution in [2.75, 3.05) is 13.2 Å². The lowest BCUT2D eigenvalue weighted by molar-refractivity contribution is 0.308. The maximum atomic E-state index is 6.68. The van der Waals surface area contributed by atoms with Gasteiger partial charge in [-0.25, -0.2) is 0 Å². The van der Waals surface area contributed by atoms with Crippen LogP contribution in [0.25, 0.3) is 0 Å². The van der Waals surface area contributed by atoms with Crippen molar-refractivity contribution in [3.63, 3.8) is 0 Å². The minimum Gasteiger partial charge on any atom is -0.412 e. The smallest absolute Gasteiger partial charge is 0.192 e. The summed E-state index contributed by atoms with van der Waals surface area (Å²) in [4.78, 5) is 0. The molecule has 0 atom stereocenters. The lowest BCUT2D eigenvalue weighted by Crippen LogP contribution is -2.42.